The Balaban J connectivity index is 1.44. The number of anilines is 2. The SMILES string of the molecule is COc1ccc(S(=O)(=O)N2CCN(c3cc(N4CCOCC4)cnn3)CC2)cc1C. The molecule has 1 aromatic carbocycles. The van der Waals surface area contributed by atoms with E-state index in [1.165, 1.54) is 4.31 Å². The third-order valence-electron chi connectivity index (χ3n) is 5.57. The van der Waals surface area contributed by atoms with Crippen molar-refractivity contribution in [2.75, 3.05) is 69.4 Å². The lowest BCUT2D eigenvalue weighted by Crippen LogP contribution is -2.49. The van der Waals surface area contributed by atoms with Gasteiger partial charge in [-0.05, 0) is 30.7 Å². The van der Waals surface area contributed by atoms with Gasteiger partial charge in [0, 0.05) is 45.3 Å². The molecular weight excluding hydrogens is 406 g/mol. The lowest BCUT2D eigenvalue weighted by atomic mass is 10.2. The maximum Gasteiger partial charge on any atom is 0.243 e. The smallest absolute Gasteiger partial charge is 0.243 e. The minimum Gasteiger partial charge on any atom is -0.496 e. The summed E-state index contributed by atoms with van der Waals surface area (Å²) < 4.78 is 38.3. The molecule has 10 heteroatoms. The van der Waals surface area contributed by atoms with Gasteiger partial charge in [-0.15, -0.1) is 5.10 Å². The van der Waals surface area contributed by atoms with Crippen LogP contribution in [-0.4, -0.2) is 82.5 Å². The number of methoxy groups -OCH3 is 1. The topological polar surface area (TPSA) is 88.1 Å². The number of piperazine rings is 1. The van der Waals surface area contributed by atoms with Crippen LogP contribution in [0.1, 0.15) is 5.56 Å². The quantitative estimate of drug-likeness (QED) is 0.694. The van der Waals surface area contributed by atoms with Gasteiger partial charge in [0.25, 0.3) is 0 Å². The lowest BCUT2D eigenvalue weighted by molar-refractivity contribution is 0.122. The molecule has 0 atom stereocenters. The molecule has 162 valence electrons. The van der Waals surface area contributed by atoms with Crippen LogP contribution in [0.2, 0.25) is 0 Å². The number of nitrogens with zero attached hydrogens (tertiary/aromatic N) is 5. The van der Waals surface area contributed by atoms with Crippen molar-refractivity contribution in [3.63, 3.8) is 0 Å². The summed E-state index contributed by atoms with van der Waals surface area (Å²) >= 11 is 0. The lowest BCUT2D eigenvalue weighted by Gasteiger charge is -2.35. The van der Waals surface area contributed by atoms with Crippen molar-refractivity contribution in [3.05, 3.63) is 36.0 Å². The Bertz CT molecular complexity index is 986. The van der Waals surface area contributed by atoms with Crippen LogP contribution in [0.3, 0.4) is 0 Å². The average molecular weight is 434 g/mol. The number of aromatic nitrogens is 2. The molecule has 1 aromatic heterocycles. The van der Waals surface area contributed by atoms with E-state index in [0.29, 0.717) is 50.0 Å². The fraction of sp³-hybridized carbons (Fsp3) is 0.500. The van der Waals surface area contributed by atoms with Gasteiger partial charge < -0.3 is 19.3 Å². The minimum absolute atomic E-state index is 0.295. The zero-order valence-electron chi connectivity index (χ0n) is 17.3. The molecule has 2 saturated heterocycles. The Labute approximate surface area is 177 Å². The molecule has 0 saturated carbocycles. The van der Waals surface area contributed by atoms with Crippen LogP contribution in [0.5, 0.6) is 5.75 Å². The van der Waals surface area contributed by atoms with Crippen molar-refractivity contribution < 1.29 is 17.9 Å². The van der Waals surface area contributed by atoms with Crippen LogP contribution in [-0.2, 0) is 14.8 Å². The molecule has 0 unspecified atom stereocenters. The molecule has 4 rings (SSSR count). The second-order valence-corrected chi connectivity index (χ2v) is 9.33. The first-order valence-electron chi connectivity index (χ1n) is 10.0. The predicted octanol–water partition coefficient (Wildman–Crippen LogP) is 1.14. The summed E-state index contributed by atoms with van der Waals surface area (Å²) in [6.07, 6.45) is 1.77. The van der Waals surface area contributed by atoms with Crippen molar-refractivity contribution >= 4 is 21.5 Å². The van der Waals surface area contributed by atoms with Gasteiger partial charge in [-0.1, -0.05) is 0 Å². The maximum absolute atomic E-state index is 13.1. The fourth-order valence-electron chi connectivity index (χ4n) is 3.81. The maximum atomic E-state index is 13.1. The number of morpholine rings is 1. The summed E-state index contributed by atoms with van der Waals surface area (Å²) in [5.74, 6) is 1.45. The van der Waals surface area contributed by atoms with E-state index in [2.05, 4.69) is 20.0 Å². The Morgan fingerprint density at radius 1 is 1.00 bits per heavy atom. The first-order chi connectivity index (χ1) is 14.5. The molecule has 0 bridgehead atoms. The molecule has 2 aliphatic heterocycles. The number of aryl methyl sites for hydroxylation is 1. The standard InChI is InChI=1S/C20H27N5O4S/c1-16-13-18(3-4-19(16)28-2)30(26,27)25-7-5-24(6-8-25)20-14-17(15-21-22-20)23-9-11-29-12-10-23/h3-4,13-15H,5-12H2,1-2H3. The number of sulfonamides is 1. The highest BCUT2D eigenvalue weighted by Gasteiger charge is 2.29. The largest absolute Gasteiger partial charge is 0.496 e. The first-order valence-corrected chi connectivity index (χ1v) is 11.5. The molecule has 0 N–H and O–H groups in total. The van der Waals surface area contributed by atoms with Crippen molar-refractivity contribution in [1.82, 2.24) is 14.5 Å². The molecule has 30 heavy (non-hydrogen) atoms. The average Bonchev–Trinajstić information content (AvgIpc) is 2.80. The van der Waals surface area contributed by atoms with Gasteiger partial charge in [-0.25, -0.2) is 8.42 Å². The summed E-state index contributed by atoms with van der Waals surface area (Å²) in [7, 11) is -1.97. The minimum atomic E-state index is -3.55. The summed E-state index contributed by atoms with van der Waals surface area (Å²) in [5.41, 5.74) is 1.82. The summed E-state index contributed by atoms with van der Waals surface area (Å²) in [6, 6.07) is 6.99. The molecule has 0 radical (unpaired) electrons. The number of hydrogen-bond donors (Lipinski definition) is 0. The number of ether oxygens (including phenoxy) is 2. The third-order valence-corrected chi connectivity index (χ3v) is 7.46. The molecule has 2 aliphatic rings. The van der Waals surface area contributed by atoms with Gasteiger partial charge >= 0.3 is 0 Å². The van der Waals surface area contributed by atoms with E-state index >= 15 is 0 Å². The normalized spacial score (nSPS) is 18.5. The van der Waals surface area contributed by atoms with Crippen LogP contribution in [0, 0.1) is 6.92 Å². The zero-order chi connectivity index (χ0) is 21.1. The molecule has 0 aliphatic carbocycles. The zero-order valence-corrected chi connectivity index (χ0v) is 18.1. The first kappa shape index (κ1) is 20.8. The van der Waals surface area contributed by atoms with Crippen molar-refractivity contribution in [2.24, 2.45) is 0 Å². The molecule has 9 nitrogen and oxygen atoms in total. The summed E-state index contributed by atoms with van der Waals surface area (Å²) in [6.45, 7) is 6.85. The predicted molar refractivity (Wildman–Crippen MR) is 114 cm³/mol. The fourth-order valence-corrected chi connectivity index (χ4v) is 5.32. The molecule has 0 amide bonds. The third kappa shape index (κ3) is 4.21. The van der Waals surface area contributed by atoms with E-state index in [1.807, 2.05) is 13.0 Å². The van der Waals surface area contributed by atoms with Crippen molar-refractivity contribution in [2.45, 2.75) is 11.8 Å². The Morgan fingerprint density at radius 2 is 1.73 bits per heavy atom. The molecule has 2 aromatic rings. The molecule has 2 fully saturated rings. The monoisotopic (exact) mass is 433 g/mol. The van der Waals surface area contributed by atoms with Crippen LogP contribution < -0.4 is 14.5 Å². The highest BCUT2D eigenvalue weighted by atomic mass is 32.2. The van der Waals surface area contributed by atoms with Crippen molar-refractivity contribution in [3.8, 4) is 5.75 Å². The van der Waals surface area contributed by atoms with Crippen LogP contribution >= 0.6 is 0 Å². The Hall–Kier alpha value is -2.43. The number of hydrogen-bond acceptors (Lipinski definition) is 8. The van der Waals surface area contributed by atoms with Gasteiger partial charge in [0.05, 0.1) is 37.1 Å². The molecule has 0 spiro atoms. The van der Waals surface area contributed by atoms with Gasteiger partial charge in [0.15, 0.2) is 5.82 Å². The van der Waals surface area contributed by atoms with E-state index < -0.39 is 10.0 Å². The van der Waals surface area contributed by atoms with E-state index in [4.69, 9.17) is 9.47 Å². The van der Waals surface area contributed by atoms with Crippen LogP contribution in [0.25, 0.3) is 0 Å². The second-order valence-electron chi connectivity index (χ2n) is 7.39. The molecule has 3 heterocycles. The number of rotatable bonds is 5. The number of benzene rings is 1. The van der Waals surface area contributed by atoms with E-state index in [-0.39, 0.29) is 0 Å². The summed E-state index contributed by atoms with van der Waals surface area (Å²) in [4.78, 5) is 4.61. The second kappa shape index (κ2) is 8.75. The van der Waals surface area contributed by atoms with E-state index in [0.717, 1.165) is 30.2 Å². The van der Waals surface area contributed by atoms with Crippen molar-refractivity contribution in [1.29, 1.82) is 0 Å². The van der Waals surface area contributed by atoms with E-state index in [1.54, 1.807) is 31.5 Å². The highest BCUT2D eigenvalue weighted by Crippen LogP contribution is 2.26. The Morgan fingerprint density at radius 3 is 2.40 bits per heavy atom. The summed E-state index contributed by atoms with van der Waals surface area (Å²) in [5, 5.41) is 8.43. The van der Waals surface area contributed by atoms with E-state index in [9.17, 15) is 8.42 Å². The van der Waals surface area contributed by atoms with Crippen LogP contribution in [0.15, 0.2) is 35.4 Å². The highest BCUT2D eigenvalue weighted by molar-refractivity contribution is 7.89. The molecular formula is C20H27N5O4S. The van der Waals surface area contributed by atoms with Gasteiger partial charge in [-0.3, -0.25) is 0 Å². The van der Waals surface area contributed by atoms with Crippen LogP contribution in [0.4, 0.5) is 11.5 Å². The van der Waals surface area contributed by atoms with Gasteiger partial charge in [0.2, 0.25) is 10.0 Å². The Kier molecular flexibility index (Phi) is 6.07. The van der Waals surface area contributed by atoms with Gasteiger partial charge in [0.1, 0.15) is 5.75 Å². The van der Waals surface area contributed by atoms with Gasteiger partial charge in [-0.2, -0.15) is 9.40 Å².